The number of hydrogen-bond acceptors (Lipinski definition) is 4. The molecule has 0 atom stereocenters. The van der Waals surface area contributed by atoms with Crippen molar-refractivity contribution in [3.63, 3.8) is 0 Å². The van der Waals surface area contributed by atoms with Crippen molar-refractivity contribution in [2.45, 2.75) is 20.5 Å². The molecule has 0 bridgehead atoms. The summed E-state index contributed by atoms with van der Waals surface area (Å²) in [5.74, 6) is -0.105. The van der Waals surface area contributed by atoms with E-state index in [9.17, 15) is 13.6 Å². The van der Waals surface area contributed by atoms with E-state index in [0.717, 1.165) is 0 Å². The molecule has 1 aliphatic rings. The first-order valence-electron chi connectivity index (χ1n) is 7.02. The minimum atomic E-state index is -2.94. The van der Waals surface area contributed by atoms with Gasteiger partial charge in [-0.05, 0) is 49.8 Å². The van der Waals surface area contributed by atoms with E-state index in [1.807, 2.05) is 6.92 Å². The summed E-state index contributed by atoms with van der Waals surface area (Å²) in [7, 11) is 0. The number of ether oxygens (including phenoxy) is 2. The largest absolute Gasteiger partial charge is 0.490 e. The summed E-state index contributed by atoms with van der Waals surface area (Å²) in [6, 6.07) is 4.46. The van der Waals surface area contributed by atoms with E-state index in [0.29, 0.717) is 29.5 Å². The van der Waals surface area contributed by atoms with Gasteiger partial charge in [-0.3, -0.25) is 9.69 Å². The number of halogens is 2. The topological polar surface area (TPSA) is 50.8 Å². The third-order valence-corrected chi connectivity index (χ3v) is 3.40. The summed E-state index contributed by atoms with van der Waals surface area (Å²) in [6.45, 7) is 1.37. The second-order valence-corrected chi connectivity index (χ2v) is 4.94. The lowest BCUT2D eigenvalue weighted by Crippen LogP contribution is -2.30. The maximum atomic E-state index is 12.4. The number of carbonyl (C=O) groups excluding carboxylic acids is 1. The second kappa shape index (κ2) is 7.36. The number of benzene rings is 1. The molecule has 0 saturated carbocycles. The molecule has 0 radical (unpaired) electrons. The number of rotatable bonds is 6. The van der Waals surface area contributed by atoms with Crippen molar-refractivity contribution in [2.24, 2.45) is 0 Å². The number of alkyl halides is 2. The zero-order valence-electron chi connectivity index (χ0n) is 12.6. The van der Waals surface area contributed by atoms with Crippen LogP contribution in [-0.2, 0) is 4.79 Å². The van der Waals surface area contributed by atoms with Gasteiger partial charge in [0.1, 0.15) is 5.70 Å². The monoisotopic (exact) mass is 342 g/mol. The van der Waals surface area contributed by atoms with Crippen LogP contribution in [0, 0.1) is 0 Å². The van der Waals surface area contributed by atoms with Gasteiger partial charge in [0.2, 0.25) is 0 Å². The van der Waals surface area contributed by atoms with Gasteiger partial charge >= 0.3 is 6.61 Å². The molecule has 1 aromatic carbocycles. The van der Waals surface area contributed by atoms with Gasteiger partial charge in [-0.15, -0.1) is 0 Å². The average Bonchev–Trinajstić information content (AvgIpc) is 2.75. The minimum absolute atomic E-state index is 0.0552. The smallest absolute Gasteiger partial charge is 0.387 e. The SMILES string of the molecule is CCOc1cc(/C=C2\NC(=S)N(CC)C2=O)ccc1OC(F)F. The number of hydrogen-bond donors (Lipinski definition) is 1. The molecular formula is C15H16F2N2O3S. The molecule has 8 heteroatoms. The molecule has 0 spiro atoms. The number of nitrogens with one attached hydrogen (secondary N) is 1. The fraction of sp³-hybridized carbons (Fsp3) is 0.333. The molecule has 1 fully saturated rings. The van der Waals surface area contributed by atoms with Crippen LogP contribution < -0.4 is 14.8 Å². The van der Waals surface area contributed by atoms with Gasteiger partial charge in [0.05, 0.1) is 6.61 Å². The van der Waals surface area contributed by atoms with E-state index >= 15 is 0 Å². The molecule has 0 aromatic heterocycles. The van der Waals surface area contributed by atoms with E-state index in [4.69, 9.17) is 17.0 Å². The van der Waals surface area contributed by atoms with E-state index < -0.39 is 6.61 Å². The van der Waals surface area contributed by atoms with Gasteiger partial charge in [0.25, 0.3) is 5.91 Å². The summed E-state index contributed by atoms with van der Waals surface area (Å²) < 4.78 is 34.5. The fourth-order valence-electron chi connectivity index (χ4n) is 2.10. The summed E-state index contributed by atoms with van der Waals surface area (Å²) in [5.41, 5.74) is 0.925. The van der Waals surface area contributed by atoms with Gasteiger partial charge in [-0.2, -0.15) is 8.78 Å². The van der Waals surface area contributed by atoms with Crippen molar-refractivity contribution in [1.82, 2.24) is 10.2 Å². The Morgan fingerprint density at radius 3 is 2.65 bits per heavy atom. The maximum absolute atomic E-state index is 12.4. The highest BCUT2D eigenvalue weighted by molar-refractivity contribution is 7.80. The lowest BCUT2D eigenvalue weighted by Gasteiger charge is -2.12. The normalized spacial score (nSPS) is 16.2. The predicted octanol–water partition coefficient (Wildman–Crippen LogP) is 2.76. The van der Waals surface area contributed by atoms with E-state index in [-0.39, 0.29) is 17.4 Å². The van der Waals surface area contributed by atoms with Crippen LogP contribution in [0.15, 0.2) is 23.9 Å². The first kappa shape index (κ1) is 17.1. The molecule has 1 aromatic rings. The molecule has 1 heterocycles. The highest BCUT2D eigenvalue weighted by Gasteiger charge is 2.29. The lowest BCUT2D eigenvalue weighted by molar-refractivity contribution is -0.122. The van der Waals surface area contributed by atoms with Crippen molar-refractivity contribution >= 4 is 29.3 Å². The predicted molar refractivity (Wildman–Crippen MR) is 85.3 cm³/mol. The molecule has 1 aliphatic heterocycles. The number of carbonyl (C=O) groups is 1. The summed E-state index contributed by atoms with van der Waals surface area (Å²) >= 11 is 5.07. The standard InChI is InChI=1S/C15H16F2N2O3S/c1-3-19-13(20)10(18-15(19)23)7-9-5-6-11(22-14(16)17)12(8-9)21-4-2/h5-8,14H,3-4H2,1-2H3,(H,18,23)/b10-7-. The highest BCUT2D eigenvalue weighted by Crippen LogP contribution is 2.30. The number of thiocarbonyl (C=S) groups is 1. The van der Waals surface area contributed by atoms with Crippen LogP contribution in [-0.4, -0.2) is 35.7 Å². The van der Waals surface area contributed by atoms with Crippen molar-refractivity contribution in [2.75, 3.05) is 13.2 Å². The Bertz CT molecular complexity index is 650. The maximum Gasteiger partial charge on any atom is 0.387 e. The van der Waals surface area contributed by atoms with Crippen LogP contribution >= 0.6 is 12.2 Å². The molecule has 2 rings (SSSR count). The molecule has 0 aliphatic carbocycles. The summed E-state index contributed by atoms with van der Waals surface area (Å²) in [4.78, 5) is 13.6. The fourth-order valence-corrected chi connectivity index (χ4v) is 2.42. The van der Waals surface area contributed by atoms with Crippen LogP contribution in [0.3, 0.4) is 0 Å². The van der Waals surface area contributed by atoms with Gasteiger partial charge in [-0.25, -0.2) is 0 Å². The van der Waals surface area contributed by atoms with Gasteiger partial charge in [0, 0.05) is 6.54 Å². The zero-order valence-corrected chi connectivity index (χ0v) is 13.5. The van der Waals surface area contributed by atoms with Crippen LogP contribution in [0.4, 0.5) is 8.78 Å². The quantitative estimate of drug-likeness (QED) is 0.636. The van der Waals surface area contributed by atoms with Crippen molar-refractivity contribution < 1.29 is 23.0 Å². The number of amides is 1. The van der Waals surface area contributed by atoms with Crippen molar-refractivity contribution in [3.8, 4) is 11.5 Å². The first-order valence-corrected chi connectivity index (χ1v) is 7.43. The summed E-state index contributed by atoms with van der Waals surface area (Å²) in [5, 5.41) is 3.17. The second-order valence-electron chi connectivity index (χ2n) is 4.56. The van der Waals surface area contributed by atoms with Crippen LogP contribution in [0.2, 0.25) is 0 Å². The molecule has 1 saturated heterocycles. The Morgan fingerprint density at radius 2 is 2.09 bits per heavy atom. The number of likely N-dealkylation sites (N-methyl/N-ethyl adjacent to an activating group) is 1. The van der Waals surface area contributed by atoms with Gasteiger partial charge in [-0.1, -0.05) is 6.07 Å². The molecule has 1 amide bonds. The molecule has 0 unspecified atom stereocenters. The van der Waals surface area contributed by atoms with E-state index in [2.05, 4.69) is 10.1 Å². The first-order chi connectivity index (χ1) is 11.0. The van der Waals surface area contributed by atoms with Crippen molar-refractivity contribution in [3.05, 3.63) is 29.5 Å². The Hall–Kier alpha value is -2.22. The lowest BCUT2D eigenvalue weighted by atomic mass is 10.1. The molecular weight excluding hydrogens is 326 g/mol. The Balaban J connectivity index is 2.30. The molecule has 5 nitrogen and oxygen atoms in total. The van der Waals surface area contributed by atoms with E-state index in [1.165, 1.54) is 17.0 Å². The summed E-state index contributed by atoms with van der Waals surface area (Å²) in [6.07, 6.45) is 1.58. The van der Waals surface area contributed by atoms with Gasteiger partial charge < -0.3 is 14.8 Å². The molecule has 124 valence electrons. The highest BCUT2D eigenvalue weighted by atomic mass is 32.1. The van der Waals surface area contributed by atoms with Crippen LogP contribution in [0.25, 0.3) is 6.08 Å². The third-order valence-electron chi connectivity index (χ3n) is 3.07. The Kier molecular flexibility index (Phi) is 5.49. The molecule has 1 N–H and O–H groups in total. The molecule has 23 heavy (non-hydrogen) atoms. The van der Waals surface area contributed by atoms with Crippen LogP contribution in [0.1, 0.15) is 19.4 Å². The number of nitrogens with zero attached hydrogens (tertiary/aromatic N) is 1. The van der Waals surface area contributed by atoms with Crippen LogP contribution in [0.5, 0.6) is 11.5 Å². The minimum Gasteiger partial charge on any atom is -0.490 e. The third kappa shape index (κ3) is 3.95. The zero-order chi connectivity index (χ0) is 17.0. The average molecular weight is 342 g/mol. The Labute approximate surface area is 137 Å². The van der Waals surface area contributed by atoms with Crippen molar-refractivity contribution in [1.29, 1.82) is 0 Å². The Morgan fingerprint density at radius 1 is 1.35 bits per heavy atom. The van der Waals surface area contributed by atoms with E-state index in [1.54, 1.807) is 19.1 Å². The van der Waals surface area contributed by atoms with Gasteiger partial charge in [0.15, 0.2) is 16.6 Å².